The molecule has 1 heterocycles. The highest BCUT2D eigenvalue weighted by atomic mass is 32.2. The summed E-state index contributed by atoms with van der Waals surface area (Å²) in [5.41, 5.74) is 2.18. The summed E-state index contributed by atoms with van der Waals surface area (Å²) >= 11 is 1.40. The van der Waals surface area contributed by atoms with Gasteiger partial charge in [-0.3, -0.25) is 0 Å². The molecule has 0 spiro atoms. The van der Waals surface area contributed by atoms with E-state index < -0.39 is 5.97 Å². The van der Waals surface area contributed by atoms with Gasteiger partial charge in [0.05, 0.1) is 6.61 Å². The fourth-order valence-corrected chi connectivity index (χ4v) is 2.77. The van der Waals surface area contributed by atoms with E-state index in [4.69, 9.17) is 9.47 Å². The van der Waals surface area contributed by atoms with Gasteiger partial charge >= 0.3 is 5.97 Å². The number of thioether (sulfide) groups is 1. The smallest absolute Gasteiger partial charge is 0.343 e. The Labute approximate surface area is 168 Å². The Morgan fingerprint density at radius 3 is 2.54 bits per heavy atom. The predicted octanol–water partition coefficient (Wildman–Crippen LogP) is 4.70. The maximum Gasteiger partial charge on any atom is 0.343 e. The first-order valence-electron chi connectivity index (χ1n) is 8.81. The van der Waals surface area contributed by atoms with Crippen molar-refractivity contribution in [3.8, 4) is 5.75 Å². The van der Waals surface area contributed by atoms with E-state index in [1.54, 1.807) is 6.92 Å². The third-order valence-corrected chi connectivity index (χ3v) is 4.37. The van der Waals surface area contributed by atoms with Gasteiger partial charge in [-0.2, -0.15) is 0 Å². The Balaban J connectivity index is 1.71. The highest BCUT2D eigenvalue weighted by molar-refractivity contribution is 7.98. The highest BCUT2D eigenvalue weighted by Gasteiger charge is 2.16. The minimum atomic E-state index is -0.458. The molecule has 0 fully saturated rings. The van der Waals surface area contributed by atoms with Gasteiger partial charge in [0.1, 0.15) is 23.7 Å². The average molecular weight is 395 g/mol. The quantitative estimate of drug-likeness (QED) is 0.337. The monoisotopic (exact) mass is 395 g/mol. The Bertz CT molecular complexity index is 918. The van der Waals surface area contributed by atoms with Crippen LogP contribution in [0, 0.1) is 0 Å². The van der Waals surface area contributed by atoms with Gasteiger partial charge in [-0.05, 0) is 43.0 Å². The summed E-state index contributed by atoms with van der Waals surface area (Å²) in [5, 5.41) is 3.73. The van der Waals surface area contributed by atoms with E-state index in [0.29, 0.717) is 23.1 Å². The fraction of sp³-hybridized carbons (Fsp3) is 0.190. The van der Waals surface area contributed by atoms with Crippen LogP contribution in [0.4, 0.5) is 11.5 Å². The molecule has 28 heavy (non-hydrogen) atoms. The second kappa shape index (κ2) is 9.75. The summed E-state index contributed by atoms with van der Waals surface area (Å²) in [6, 6.07) is 17.5. The van der Waals surface area contributed by atoms with E-state index in [-0.39, 0.29) is 6.61 Å². The lowest BCUT2D eigenvalue weighted by Gasteiger charge is -2.12. The number of hydrogen-bond donors (Lipinski definition) is 1. The van der Waals surface area contributed by atoms with E-state index in [0.717, 1.165) is 17.0 Å². The molecule has 0 atom stereocenters. The third-order valence-electron chi connectivity index (χ3n) is 3.81. The van der Waals surface area contributed by atoms with Crippen LogP contribution in [0.1, 0.15) is 22.8 Å². The van der Waals surface area contributed by atoms with Crippen LogP contribution >= 0.6 is 11.8 Å². The van der Waals surface area contributed by atoms with Crippen LogP contribution in [-0.4, -0.2) is 28.8 Å². The molecule has 0 aliphatic heterocycles. The Kier molecular flexibility index (Phi) is 6.86. The second-order valence-corrected chi connectivity index (χ2v) is 6.54. The van der Waals surface area contributed by atoms with Gasteiger partial charge in [-0.1, -0.05) is 42.1 Å². The maximum atomic E-state index is 12.2. The number of nitrogens with one attached hydrogen (secondary N) is 1. The van der Waals surface area contributed by atoms with Crippen molar-refractivity contribution in [3.05, 3.63) is 71.9 Å². The number of anilines is 2. The van der Waals surface area contributed by atoms with Crippen molar-refractivity contribution in [3.63, 3.8) is 0 Å². The molecule has 144 valence electrons. The van der Waals surface area contributed by atoms with Crippen LogP contribution < -0.4 is 10.1 Å². The van der Waals surface area contributed by atoms with Gasteiger partial charge in [0.2, 0.25) is 0 Å². The maximum absolute atomic E-state index is 12.2. The van der Waals surface area contributed by atoms with Crippen molar-refractivity contribution < 1.29 is 14.3 Å². The van der Waals surface area contributed by atoms with Crippen molar-refractivity contribution in [1.29, 1.82) is 0 Å². The standard InChI is InChI=1S/C21H21N3O3S/c1-3-26-20(25)18-13-22-21(28-2)24-19(18)23-16-9-11-17(12-10-16)27-14-15-7-5-4-6-8-15/h4-13H,3,14H2,1-2H3,(H,22,23,24). The van der Waals surface area contributed by atoms with Crippen LogP contribution in [0.25, 0.3) is 0 Å². The number of esters is 1. The molecule has 2 aromatic carbocycles. The predicted molar refractivity (Wildman–Crippen MR) is 110 cm³/mol. The SMILES string of the molecule is CCOC(=O)c1cnc(SC)nc1Nc1ccc(OCc2ccccc2)cc1. The van der Waals surface area contributed by atoms with E-state index in [9.17, 15) is 4.79 Å². The minimum absolute atomic E-state index is 0.288. The molecule has 0 amide bonds. The molecule has 1 aromatic heterocycles. The van der Waals surface area contributed by atoms with Crippen LogP contribution in [0.3, 0.4) is 0 Å². The zero-order valence-corrected chi connectivity index (χ0v) is 16.5. The molecule has 0 saturated heterocycles. The van der Waals surface area contributed by atoms with Crippen LogP contribution in [-0.2, 0) is 11.3 Å². The molecule has 1 N–H and O–H groups in total. The topological polar surface area (TPSA) is 73.3 Å². The summed E-state index contributed by atoms with van der Waals surface area (Å²) in [6.45, 7) is 2.55. The van der Waals surface area contributed by atoms with Gasteiger partial charge in [-0.15, -0.1) is 0 Å². The summed E-state index contributed by atoms with van der Waals surface area (Å²) < 4.78 is 10.9. The lowest BCUT2D eigenvalue weighted by atomic mass is 10.2. The number of benzene rings is 2. The van der Waals surface area contributed by atoms with Gasteiger partial charge in [-0.25, -0.2) is 14.8 Å². The van der Waals surface area contributed by atoms with E-state index in [2.05, 4.69) is 15.3 Å². The first kappa shape index (κ1) is 19.7. The molecule has 0 unspecified atom stereocenters. The van der Waals surface area contributed by atoms with E-state index >= 15 is 0 Å². The average Bonchev–Trinajstić information content (AvgIpc) is 2.74. The fourth-order valence-electron chi connectivity index (χ4n) is 2.43. The van der Waals surface area contributed by atoms with Crippen molar-refractivity contribution in [2.24, 2.45) is 0 Å². The highest BCUT2D eigenvalue weighted by Crippen LogP contribution is 2.24. The molecular formula is C21H21N3O3S. The zero-order valence-electron chi connectivity index (χ0n) is 15.7. The molecule has 0 aliphatic rings. The van der Waals surface area contributed by atoms with Gasteiger partial charge in [0, 0.05) is 11.9 Å². The Morgan fingerprint density at radius 2 is 1.86 bits per heavy atom. The number of carbonyl (C=O) groups excluding carboxylic acids is 1. The van der Waals surface area contributed by atoms with Crippen molar-refractivity contribution in [1.82, 2.24) is 9.97 Å². The molecule has 0 saturated carbocycles. The van der Waals surface area contributed by atoms with Crippen molar-refractivity contribution >= 4 is 29.2 Å². The number of aromatic nitrogens is 2. The number of rotatable bonds is 8. The van der Waals surface area contributed by atoms with Crippen LogP contribution in [0.15, 0.2) is 66.0 Å². The third kappa shape index (κ3) is 5.23. The van der Waals surface area contributed by atoms with Gasteiger partial charge in [0.15, 0.2) is 5.16 Å². The molecule has 0 radical (unpaired) electrons. The molecule has 7 heteroatoms. The van der Waals surface area contributed by atoms with E-state index in [1.165, 1.54) is 18.0 Å². The molecular weight excluding hydrogens is 374 g/mol. The van der Waals surface area contributed by atoms with Crippen LogP contribution in [0.5, 0.6) is 5.75 Å². The summed E-state index contributed by atoms with van der Waals surface area (Å²) in [6.07, 6.45) is 3.36. The first-order valence-corrected chi connectivity index (χ1v) is 10.0. The number of carbonyl (C=O) groups is 1. The second-order valence-electron chi connectivity index (χ2n) is 5.76. The Hall–Kier alpha value is -3.06. The summed E-state index contributed by atoms with van der Waals surface area (Å²) in [5.74, 6) is 0.712. The number of ether oxygens (including phenoxy) is 2. The molecule has 3 aromatic rings. The zero-order chi connectivity index (χ0) is 19.8. The van der Waals surface area contributed by atoms with Gasteiger partial charge in [0.25, 0.3) is 0 Å². The van der Waals surface area contributed by atoms with Crippen molar-refractivity contribution in [2.75, 3.05) is 18.2 Å². The minimum Gasteiger partial charge on any atom is -0.489 e. The van der Waals surface area contributed by atoms with E-state index in [1.807, 2.05) is 60.9 Å². The number of hydrogen-bond acceptors (Lipinski definition) is 7. The summed E-state index contributed by atoms with van der Waals surface area (Å²) in [7, 11) is 0. The Morgan fingerprint density at radius 1 is 1.11 bits per heavy atom. The normalized spacial score (nSPS) is 10.4. The molecule has 0 aliphatic carbocycles. The first-order chi connectivity index (χ1) is 13.7. The largest absolute Gasteiger partial charge is 0.489 e. The lowest BCUT2D eigenvalue weighted by Crippen LogP contribution is -2.10. The summed E-state index contributed by atoms with van der Waals surface area (Å²) in [4.78, 5) is 20.7. The van der Waals surface area contributed by atoms with Gasteiger partial charge < -0.3 is 14.8 Å². The van der Waals surface area contributed by atoms with Crippen LogP contribution in [0.2, 0.25) is 0 Å². The molecule has 6 nitrogen and oxygen atoms in total. The lowest BCUT2D eigenvalue weighted by molar-refractivity contribution is 0.0526. The number of nitrogens with zero attached hydrogens (tertiary/aromatic N) is 2. The molecule has 3 rings (SSSR count). The van der Waals surface area contributed by atoms with Crippen molar-refractivity contribution in [2.45, 2.75) is 18.7 Å². The molecule has 0 bridgehead atoms.